The Morgan fingerprint density at radius 1 is 1.24 bits per heavy atom. The molecular weight excluding hydrogens is 266 g/mol. The molecule has 1 atom stereocenters. The fourth-order valence-corrected chi connectivity index (χ4v) is 2.51. The summed E-state index contributed by atoms with van der Waals surface area (Å²) in [5.41, 5.74) is 0.626. The Morgan fingerprint density at radius 3 is 2.62 bits per heavy atom. The molecule has 1 saturated heterocycles. The van der Waals surface area contributed by atoms with Gasteiger partial charge in [0.25, 0.3) is 5.91 Å². The zero-order chi connectivity index (χ0) is 15.2. The van der Waals surface area contributed by atoms with E-state index in [1.165, 1.54) is 0 Å². The summed E-state index contributed by atoms with van der Waals surface area (Å²) >= 11 is 0. The molecular formula is C17H23NO3. The van der Waals surface area contributed by atoms with Gasteiger partial charge in [-0.1, -0.05) is 32.0 Å². The lowest BCUT2D eigenvalue weighted by molar-refractivity contribution is -0.151. The van der Waals surface area contributed by atoms with Crippen molar-refractivity contribution in [2.75, 3.05) is 13.2 Å². The molecule has 0 bridgehead atoms. The summed E-state index contributed by atoms with van der Waals surface area (Å²) < 4.78 is 5.33. The van der Waals surface area contributed by atoms with Crippen LogP contribution in [0.3, 0.4) is 0 Å². The van der Waals surface area contributed by atoms with Gasteiger partial charge in [-0.05, 0) is 37.3 Å². The third-order valence-electron chi connectivity index (χ3n) is 3.62. The van der Waals surface area contributed by atoms with Crippen molar-refractivity contribution in [3.8, 4) is 0 Å². The molecule has 1 amide bonds. The monoisotopic (exact) mass is 289 g/mol. The lowest BCUT2D eigenvalue weighted by Gasteiger charge is -2.34. The number of hydrogen-bond donors (Lipinski definition) is 0. The Bertz CT molecular complexity index is 484. The number of rotatable bonds is 4. The zero-order valence-corrected chi connectivity index (χ0v) is 12.7. The van der Waals surface area contributed by atoms with Crippen LogP contribution < -0.4 is 0 Å². The van der Waals surface area contributed by atoms with Crippen molar-refractivity contribution < 1.29 is 14.3 Å². The molecule has 4 heteroatoms. The summed E-state index contributed by atoms with van der Waals surface area (Å²) in [6.07, 6.45) is 2.59. The number of ether oxygens (including phenoxy) is 1. The van der Waals surface area contributed by atoms with E-state index in [1.807, 2.05) is 32.0 Å². The molecule has 0 spiro atoms. The van der Waals surface area contributed by atoms with Gasteiger partial charge < -0.3 is 9.64 Å². The quantitative estimate of drug-likeness (QED) is 0.801. The maximum atomic E-state index is 12.6. The van der Waals surface area contributed by atoms with Gasteiger partial charge in [-0.15, -0.1) is 0 Å². The van der Waals surface area contributed by atoms with Crippen LogP contribution in [0.25, 0.3) is 0 Å². The largest absolute Gasteiger partial charge is 0.464 e. The number of likely N-dealkylation sites (tertiary alicyclic amines) is 1. The van der Waals surface area contributed by atoms with Crippen molar-refractivity contribution >= 4 is 11.9 Å². The first-order chi connectivity index (χ1) is 10.1. The highest BCUT2D eigenvalue weighted by atomic mass is 16.5. The second kappa shape index (κ2) is 7.25. The van der Waals surface area contributed by atoms with Crippen molar-refractivity contribution in [2.45, 2.75) is 39.2 Å². The van der Waals surface area contributed by atoms with Gasteiger partial charge in [0.1, 0.15) is 6.04 Å². The van der Waals surface area contributed by atoms with E-state index in [1.54, 1.807) is 17.0 Å². The lowest BCUT2D eigenvalue weighted by Crippen LogP contribution is -2.48. The molecule has 1 aromatic carbocycles. The van der Waals surface area contributed by atoms with Crippen LogP contribution in [0.15, 0.2) is 30.3 Å². The zero-order valence-electron chi connectivity index (χ0n) is 12.7. The third kappa shape index (κ3) is 4.06. The van der Waals surface area contributed by atoms with Gasteiger partial charge in [0.15, 0.2) is 0 Å². The predicted octanol–water partition coefficient (Wildman–Crippen LogP) is 2.88. The average molecular weight is 289 g/mol. The predicted molar refractivity (Wildman–Crippen MR) is 80.9 cm³/mol. The highest BCUT2D eigenvalue weighted by Crippen LogP contribution is 2.21. The van der Waals surface area contributed by atoms with Crippen LogP contribution in [0, 0.1) is 5.92 Å². The van der Waals surface area contributed by atoms with E-state index in [-0.39, 0.29) is 11.9 Å². The molecule has 1 fully saturated rings. The van der Waals surface area contributed by atoms with Crippen molar-refractivity contribution in [3.05, 3.63) is 35.9 Å². The normalized spacial score (nSPS) is 18.6. The standard InChI is InChI=1S/C17H23NO3/c1-13(2)12-21-17(20)15-10-6-7-11-18(15)16(19)14-8-4-3-5-9-14/h3-5,8-9,13,15H,6-7,10-12H2,1-2H3. The second-order valence-corrected chi connectivity index (χ2v) is 5.90. The van der Waals surface area contributed by atoms with Crippen molar-refractivity contribution in [1.29, 1.82) is 0 Å². The van der Waals surface area contributed by atoms with Crippen molar-refractivity contribution in [2.24, 2.45) is 5.92 Å². The minimum Gasteiger partial charge on any atom is -0.464 e. The topological polar surface area (TPSA) is 46.6 Å². The molecule has 0 saturated carbocycles. The molecule has 2 rings (SSSR count). The van der Waals surface area contributed by atoms with Gasteiger partial charge in [-0.2, -0.15) is 0 Å². The van der Waals surface area contributed by atoms with E-state index < -0.39 is 6.04 Å². The summed E-state index contributed by atoms with van der Waals surface area (Å²) in [4.78, 5) is 26.5. The van der Waals surface area contributed by atoms with E-state index >= 15 is 0 Å². The highest BCUT2D eigenvalue weighted by molar-refractivity contribution is 5.96. The minimum atomic E-state index is -0.440. The molecule has 0 aliphatic carbocycles. The van der Waals surface area contributed by atoms with E-state index in [9.17, 15) is 9.59 Å². The van der Waals surface area contributed by atoms with Gasteiger partial charge in [0, 0.05) is 12.1 Å². The number of nitrogens with zero attached hydrogens (tertiary/aromatic N) is 1. The molecule has 1 aromatic rings. The van der Waals surface area contributed by atoms with E-state index in [2.05, 4.69) is 0 Å². The first kappa shape index (κ1) is 15.5. The highest BCUT2D eigenvalue weighted by Gasteiger charge is 2.33. The van der Waals surface area contributed by atoms with Crippen LogP contribution in [0.5, 0.6) is 0 Å². The maximum Gasteiger partial charge on any atom is 0.328 e. The van der Waals surface area contributed by atoms with Crippen molar-refractivity contribution in [3.63, 3.8) is 0 Å². The summed E-state index contributed by atoms with van der Waals surface area (Å²) in [5.74, 6) is -0.0507. The van der Waals surface area contributed by atoms with E-state index in [0.717, 1.165) is 12.8 Å². The third-order valence-corrected chi connectivity index (χ3v) is 3.62. The van der Waals surface area contributed by atoms with Gasteiger partial charge in [-0.3, -0.25) is 4.79 Å². The van der Waals surface area contributed by atoms with Gasteiger partial charge in [-0.25, -0.2) is 4.79 Å². The average Bonchev–Trinajstić information content (AvgIpc) is 2.52. The lowest BCUT2D eigenvalue weighted by atomic mass is 10.0. The Balaban J connectivity index is 2.08. The van der Waals surface area contributed by atoms with Gasteiger partial charge in [0.2, 0.25) is 0 Å². The molecule has 0 radical (unpaired) electrons. The molecule has 0 aromatic heterocycles. The Labute approximate surface area is 126 Å². The number of piperidine rings is 1. The van der Waals surface area contributed by atoms with Gasteiger partial charge in [0.05, 0.1) is 6.61 Å². The molecule has 1 aliphatic rings. The van der Waals surface area contributed by atoms with Crippen LogP contribution in [-0.2, 0) is 9.53 Å². The van der Waals surface area contributed by atoms with Crippen LogP contribution in [-0.4, -0.2) is 36.0 Å². The first-order valence-corrected chi connectivity index (χ1v) is 7.62. The van der Waals surface area contributed by atoms with Crippen LogP contribution in [0.1, 0.15) is 43.5 Å². The fraction of sp³-hybridized carbons (Fsp3) is 0.529. The molecule has 21 heavy (non-hydrogen) atoms. The molecule has 1 heterocycles. The maximum absolute atomic E-state index is 12.6. The summed E-state index contributed by atoms with van der Waals surface area (Å²) in [6.45, 7) is 5.03. The van der Waals surface area contributed by atoms with Crippen LogP contribution >= 0.6 is 0 Å². The van der Waals surface area contributed by atoms with Gasteiger partial charge >= 0.3 is 5.97 Å². The Hall–Kier alpha value is -1.84. The number of esters is 1. The molecule has 1 unspecified atom stereocenters. The molecule has 1 aliphatic heterocycles. The molecule has 114 valence electrons. The smallest absolute Gasteiger partial charge is 0.328 e. The number of hydrogen-bond acceptors (Lipinski definition) is 3. The van der Waals surface area contributed by atoms with Crippen LogP contribution in [0.4, 0.5) is 0 Å². The van der Waals surface area contributed by atoms with Crippen molar-refractivity contribution in [1.82, 2.24) is 4.90 Å². The number of carbonyl (C=O) groups is 2. The van der Waals surface area contributed by atoms with Crippen LogP contribution in [0.2, 0.25) is 0 Å². The first-order valence-electron chi connectivity index (χ1n) is 7.62. The summed E-state index contributed by atoms with van der Waals surface area (Å²) in [7, 11) is 0. The summed E-state index contributed by atoms with van der Waals surface area (Å²) in [6, 6.07) is 8.68. The molecule has 4 nitrogen and oxygen atoms in total. The minimum absolute atomic E-state index is 0.0817. The number of carbonyl (C=O) groups excluding carboxylic acids is 2. The number of amides is 1. The van der Waals surface area contributed by atoms with E-state index in [4.69, 9.17) is 4.74 Å². The number of benzene rings is 1. The summed E-state index contributed by atoms with van der Waals surface area (Å²) in [5, 5.41) is 0. The Morgan fingerprint density at radius 2 is 1.95 bits per heavy atom. The molecule has 0 N–H and O–H groups in total. The SMILES string of the molecule is CC(C)COC(=O)C1CCCCN1C(=O)c1ccccc1. The fourth-order valence-electron chi connectivity index (χ4n) is 2.51. The Kier molecular flexibility index (Phi) is 5.37. The van der Waals surface area contributed by atoms with E-state index in [0.29, 0.717) is 31.1 Å². The second-order valence-electron chi connectivity index (χ2n) is 5.90.